The van der Waals surface area contributed by atoms with E-state index in [1.165, 1.54) is 18.2 Å². The zero-order valence-corrected chi connectivity index (χ0v) is 19.4. The molecule has 10 nitrogen and oxygen atoms in total. The summed E-state index contributed by atoms with van der Waals surface area (Å²) in [7, 11) is 0. The topological polar surface area (TPSA) is 127 Å². The van der Waals surface area contributed by atoms with Crippen LogP contribution < -0.4 is 15.2 Å². The third kappa shape index (κ3) is 5.93. The maximum Gasteiger partial charge on any atom is 0.441 e. The standard InChI is InChI=1S/C25H18ClN7O3/c26-22-23(28-12-2-1-3-17-34)30-25(31-24(22)29-20-4-6-21(7-5-20)33(35)36)32-15-10-19(11-16-32)18-8-13-27-14-9-18/h1-17H,(H-,28,29,30,31,34)/p+1. The number of aldehydes is 1. The number of allylic oxidation sites excluding steroid dienone is 3. The molecule has 4 aromatic rings. The molecule has 0 aliphatic rings. The Labute approximate surface area is 210 Å². The Morgan fingerprint density at radius 2 is 1.56 bits per heavy atom. The van der Waals surface area contributed by atoms with Crippen LogP contribution in [0.3, 0.4) is 0 Å². The number of nitro groups is 1. The molecule has 0 spiro atoms. The summed E-state index contributed by atoms with van der Waals surface area (Å²) in [4.78, 5) is 34.1. The molecule has 3 heterocycles. The van der Waals surface area contributed by atoms with E-state index in [9.17, 15) is 14.9 Å². The number of nitrogens with zero attached hydrogens (tertiary/aromatic N) is 5. The Morgan fingerprint density at radius 1 is 0.889 bits per heavy atom. The lowest BCUT2D eigenvalue weighted by molar-refractivity contribution is -0.603. The number of anilines is 3. The van der Waals surface area contributed by atoms with E-state index < -0.39 is 4.92 Å². The molecule has 0 aliphatic carbocycles. The highest BCUT2D eigenvalue weighted by Crippen LogP contribution is 2.30. The molecular weight excluding hydrogens is 482 g/mol. The van der Waals surface area contributed by atoms with Crippen molar-refractivity contribution in [1.82, 2.24) is 15.0 Å². The summed E-state index contributed by atoms with van der Waals surface area (Å²) in [5.74, 6) is 0.928. The number of benzene rings is 1. The molecule has 0 saturated carbocycles. The molecule has 0 radical (unpaired) electrons. The fourth-order valence-corrected chi connectivity index (χ4v) is 3.31. The molecule has 0 unspecified atom stereocenters. The quantitative estimate of drug-likeness (QED) is 0.0837. The van der Waals surface area contributed by atoms with Crippen molar-refractivity contribution in [3.63, 3.8) is 0 Å². The van der Waals surface area contributed by atoms with Gasteiger partial charge in [-0.15, -0.1) is 0 Å². The summed E-state index contributed by atoms with van der Waals surface area (Å²) < 4.78 is 1.73. The van der Waals surface area contributed by atoms with Crippen molar-refractivity contribution in [2.24, 2.45) is 0 Å². The minimum absolute atomic E-state index is 0.0317. The lowest BCUT2D eigenvalue weighted by atomic mass is 10.1. The molecule has 11 heteroatoms. The van der Waals surface area contributed by atoms with Crippen LogP contribution in [0.1, 0.15) is 0 Å². The molecule has 4 rings (SSSR count). The van der Waals surface area contributed by atoms with Gasteiger partial charge in [0.2, 0.25) is 11.6 Å². The van der Waals surface area contributed by atoms with E-state index in [1.54, 1.807) is 47.4 Å². The van der Waals surface area contributed by atoms with Crippen LogP contribution in [0.2, 0.25) is 5.02 Å². The summed E-state index contributed by atoms with van der Waals surface area (Å²) in [6.45, 7) is 0. The minimum atomic E-state index is -0.473. The van der Waals surface area contributed by atoms with Gasteiger partial charge in [0.15, 0.2) is 5.02 Å². The fourth-order valence-electron chi connectivity index (χ4n) is 3.12. The SMILES string of the molecule is O=C/C=C/C=C/Nc1nc(-[n+]2ccc(-c3ccncc3)cc2)nc(Nc2ccc([N+](=O)[O-])cc2)c1Cl. The number of aromatic nitrogens is 4. The Hall–Kier alpha value is -4.96. The van der Waals surface area contributed by atoms with Gasteiger partial charge >= 0.3 is 5.95 Å². The van der Waals surface area contributed by atoms with Gasteiger partial charge in [-0.3, -0.25) is 19.9 Å². The van der Waals surface area contributed by atoms with Crippen LogP contribution >= 0.6 is 11.6 Å². The molecule has 2 N–H and O–H groups in total. The first-order valence-electron chi connectivity index (χ1n) is 10.6. The van der Waals surface area contributed by atoms with Gasteiger partial charge in [-0.25, -0.2) is 4.57 Å². The summed E-state index contributed by atoms with van der Waals surface area (Å²) in [6.07, 6.45) is 13.8. The van der Waals surface area contributed by atoms with Crippen LogP contribution in [0.5, 0.6) is 0 Å². The van der Waals surface area contributed by atoms with Gasteiger partial charge in [0.05, 0.1) is 17.3 Å². The third-order valence-corrected chi connectivity index (χ3v) is 5.23. The average Bonchev–Trinajstić information content (AvgIpc) is 2.91. The lowest BCUT2D eigenvalue weighted by Gasteiger charge is -2.08. The molecule has 1 aromatic carbocycles. The van der Waals surface area contributed by atoms with Crippen LogP contribution in [0, 0.1) is 10.1 Å². The first-order chi connectivity index (χ1) is 17.5. The summed E-state index contributed by atoms with van der Waals surface area (Å²) in [6, 6.07) is 13.6. The lowest BCUT2D eigenvalue weighted by Crippen LogP contribution is -2.32. The zero-order chi connectivity index (χ0) is 25.3. The van der Waals surface area contributed by atoms with Crippen molar-refractivity contribution in [1.29, 1.82) is 0 Å². The van der Waals surface area contributed by atoms with Gasteiger partial charge in [-0.1, -0.05) is 17.7 Å². The second-order valence-corrected chi connectivity index (χ2v) is 7.60. The Bertz CT molecular complexity index is 1420. The Kier molecular flexibility index (Phi) is 7.69. The predicted octanol–water partition coefficient (Wildman–Crippen LogP) is 4.80. The van der Waals surface area contributed by atoms with Gasteiger partial charge in [0, 0.05) is 36.4 Å². The normalized spacial score (nSPS) is 11.0. The number of rotatable bonds is 9. The van der Waals surface area contributed by atoms with Crippen molar-refractivity contribution in [2.75, 3.05) is 10.6 Å². The van der Waals surface area contributed by atoms with Gasteiger partial charge in [0.1, 0.15) is 6.29 Å². The third-order valence-electron chi connectivity index (χ3n) is 4.87. The number of pyridine rings is 2. The van der Waals surface area contributed by atoms with Gasteiger partial charge in [-0.05, 0) is 69.6 Å². The first-order valence-corrected chi connectivity index (χ1v) is 11.0. The number of carbonyl (C=O) groups is 1. The summed E-state index contributed by atoms with van der Waals surface area (Å²) >= 11 is 6.56. The van der Waals surface area contributed by atoms with E-state index >= 15 is 0 Å². The van der Waals surface area contributed by atoms with Crippen LogP contribution in [0.25, 0.3) is 17.1 Å². The van der Waals surface area contributed by atoms with Gasteiger partial charge < -0.3 is 10.6 Å². The molecule has 0 atom stereocenters. The van der Waals surface area contributed by atoms with Crippen molar-refractivity contribution in [2.45, 2.75) is 0 Å². The molecule has 0 fully saturated rings. The van der Waals surface area contributed by atoms with E-state index in [4.69, 9.17) is 11.6 Å². The van der Waals surface area contributed by atoms with E-state index in [-0.39, 0.29) is 10.7 Å². The first kappa shape index (κ1) is 24.2. The number of hydrogen-bond donors (Lipinski definition) is 2. The second kappa shape index (κ2) is 11.4. The number of nitrogens with one attached hydrogen (secondary N) is 2. The highest BCUT2D eigenvalue weighted by molar-refractivity contribution is 6.35. The predicted molar refractivity (Wildman–Crippen MR) is 136 cm³/mol. The van der Waals surface area contributed by atoms with Gasteiger partial charge in [-0.2, -0.15) is 0 Å². The van der Waals surface area contributed by atoms with Crippen LogP contribution in [-0.2, 0) is 4.79 Å². The molecule has 0 amide bonds. The van der Waals surface area contributed by atoms with Gasteiger partial charge in [0.25, 0.3) is 5.69 Å². The monoisotopic (exact) mass is 500 g/mol. The summed E-state index contributed by atoms with van der Waals surface area (Å²) in [5.41, 5.74) is 2.54. The number of carbonyl (C=O) groups excluding carboxylic acids is 1. The maximum atomic E-state index is 11.0. The van der Waals surface area contributed by atoms with Crippen molar-refractivity contribution in [3.05, 3.63) is 113 Å². The molecule has 0 saturated heterocycles. The van der Waals surface area contributed by atoms with E-state index in [0.29, 0.717) is 29.6 Å². The van der Waals surface area contributed by atoms with E-state index in [0.717, 1.165) is 11.1 Å². The molecule has 0 aliphatic heterocycles. The Balaban J connectivity index is 1.69. The molecular formula is C25H19ClN7O3+. The fraction of sp³-hybridized carbons (Fsp3) is 0. The molecule has 36 heavy (non-hydrogen) atoms. The number of non-ortho nitro benzene ring substituents is 1. The van der Waals surface area contributed by atoms with Crippen LogP contribution in [0.4, 0.5) is 23.0 Å². The highest BCUT2D eigenvalue weighted by atomic mass is 35.5. The molecule has 0 bridgehead atoms. The van der Waals surface area contributed by atoms with Crippen LogP contribution in [0.15, 0.2) is 97.7 Å². The Morgan fingerprint density at radius 3 is 2.22 bits per heavy atom. The number of halogens is 1. The highest BCUT2D eigenvalue weighted by Gasteiger charge is 2.22. The van der Waals surface area contributed by atoms with E-state index in [2.05, 4.69) is 25.6 Å². The summed E-state index contributed by atoms with van der Waals surface area (Å²) in [5, 5.41) is 17.2. The number of hydrogen-bond acceptors (Lipinski definition) is 8. The average molecular weight is 501 g/mol. The van der Waals surface area contributed by atoms with Crippen molar-refractivity contribution in [3.8, 4) is 17.1 Å². The molecule has 3 aromatic heterocycles. The second-order valence-electron chi connectivity index (χ2n) is 7.22. The van der Waals surface area contributed by atoms with Crippen molar-refractivity contribution >= 4 is 40.9 Å². The molecule has 178 valence electrons. The smallest absolute Gasteiger partial charge is 0.331 e. The van der Waals surface area contributed by atoms with Crippen LogP contribution in [-0.4, -0.2) is 26.2 Å². The largest absolute Gasteiger partial charge is 0.441 e. The zero-order valence-electron chi connectivity index (χ0n) is 18.7. The van der Waals surface area contributed by atoms with E-state index in [1.807, 2.05) is 36.7 Å². The number of nitro benzene ring substituents is 1. The van der Waals surface area contributed by atoms with Crippen molar-refractivity contribution < 1.29 is 14.3 Å². The minimum Gasteiger partial charge on any atom is -0.331 e. The maximum absolute atomic E-state index is 11.0.